The predicted octanol–water partition coefficient (Wildman–Crippen LogP) is 0.402. The third-order valence-corrected chi connectivity index (χ3v) is 18.9. The number of carbonyl (C=O) groups is 1. The average molecular weight is 947 g/mol. The van der Waals surface area contributed by atoms with Gasteiger partial charge in [-0.25, -0.2) is 0 Å². The van der Waals surface area contributed by atoms with Crippen molar-refractivity contribution in [2.75, 3.05) is 6.61 Å². The number of ketones is 1. The van der Waals surface area contributed by atoms with E-state index in [0.29, 0.717) is 25.7 Å². The molecule has 25 unspecified atom stereocenters. The fraction of sp³-hybridized carbons (Fsp3) is 0.979. The van der Waals surface area contributed by atoms with Crippen LogP contribution in [0.4, 0.5) is 0 Å². The van der Waals surface area contributed by atoms with Crippen molar-refractivity contribution in [3.05, 3.63) is 0 Å². The molecule has 0 aromatic carbocycles. The molecule has 11 N–H and O–H groups in total. The van der Waals surface area contributed by atoms with E-state index >= 15 is 0 Å². The lowest BCUT2D eigenvalue weighted by Gasteiger charge is -2.69. The highest BCUT2D eigenvalue weighted by Crippen LogP contribution is 2.75. The molecule has 66 heavy (non-hydrogen) atoms. The summed E-state index contributed by atoms with van der Waals surface area (Å²) in [4.78, 5) is 14.7. The van der Waals surface area contributed by atoms with E-state index < -0.39 is 133 Å². The van der Waals surface area contributed by atoms with Crippen LogP contribution in [-0.4, -0.2) is 184 Å². The second-order valence-corrected chi connectivity index (χ2v) is 23.6. The Morgan fingerprint density at radius 1 is 0.667 bits per heavy atom. The smallest absolute Gasteiger partial charge is 0.187 e. The molecule has 18 nitrogen and oxygen atoms in total. The summed E-state index contributed by atoms with van der Waals surface area (Å²) >= 11 is 0. The Morgan fingerprint density at radius 2 is 1.21 bits per heavy atom. The Labute approximate surface area is 388 Å². The zero-order valence-electron chi connectivity index (χ0n) is 40.5. The van der Waals surface area contributed by atoms with E-state index in [2.05, 4.69) is 34.6 Å². The van der Waals surface area contributed by atoms with Crippen LogP contribution in [0.25, 0.3) is 0 Å². The van der Waals surface area contributed by atoms with Gasteiger partial charge >= 0.3 is 0 Å². The first kappa shape index (κ1) is 52.8. The minimum Gasteiger partial charge on any atom is -0.394 e. The molecule has 0 aromatic heterocycles. The lowest BCUT2D eigenvalue weighted by atomic mass is 9.35. The van der Waals surface area contributed by atoms with Gasteiger partial charge in [0.2, 0.25) is 0 Å². The van der Waals surface area contributed by atoms with E-state index in [-0.39, 0.29) is 53.1 Å². The normalized spacial score (nSPS) is 52.2. The average Bonchev–Trinajstić information content (AvgIpc) is 3.63. The van der Waals surface area contributed by atoms with Gasteiger partial charge < -0.3 is 84.6 Å². The van der Waals surface area contributed by atoms with Gasteiger partial charge in [-0.05, 0) is 125 Å². The molecule has 25 atom stereocenters. The van der Waals surface area contributed by atoms with Crippen LogP contribution in [0.3, 0.4) is 0 Å². The Hall–Kier alpha value is -1.01. The molecule has 4 aliphatic carbocycles. The highest BCUT2D eigenvalue weighted by Gasteiger charge is 2.72. The Balaban J connectivity index is 1.15. The number of hydrogen-bond acceptors (Lipinski definition) is 18. The minimum atomic E-state index is -1.79. The maximum Gasteiger partial charge on any atom is 0.187 e. The molecule has 0 spiro atoms. The van der Waals surface area contributed by atoms with Crippen LogP contribution in [0.1, 0.15) is 127 Å². The summed E-state index contributed by atoms with van der Waals surface area (Å²) in [6, 6.07) is 0. The van der Waals surface area contributed by atoms with Crippen LogP contribution >= 0.6 is 0 Å². The molecule has 0 aromatic rings. The van der Waals surface area contributed by atoms with E-state index in [1.165, 1.54) is 13.8 Å². The van der Waals surface area contributed by atoms with Crippen LogP contribution in [0.5, 0.6) is 0 Å². The van der Waals surface area contributed by atoms with E-state index in [0.717, 1.165) is 19.3 Å². The first-order chi connectivity index (χ1) is 30.5. The van der Waals surface area contributed by atoms with Crippen molar-refractivity contribution in [2.45, 2.75) is 243 Å². The Kier molecular flexibility index (Phi) is 14.8. The topological polar surface area (TPSA) is 295 Å². The standard InChI is InChI=1S/C48H82O18/c1-21-31(52)34(55)36(57)40(61-21)65-38-33(54)25(20-49)63-42(39(38)66-41-37(58)35(56)32(53)22(2)62-41)64-29-14-15-45(7)26(43(29,3)4)12-17-46(8)27(45)19-24(50)30-23(11-16-47(30,46)9)48(10,60)18-13-28(51)44(5,6)59/h21-23,25-42,49,51-60H,11-20H2,1-10H3. The number of hydrogen-bond donors (Lipinski definition) is 11. The molecular formula is C48H82O18. The Bertz CT molecular complexity index is 1710. The molecular weight excluding hydrogens is 865 g/mol. The van der Waals surface area contributed by atoms with Crippen LogP contribution in [0, 0.1) is 45.3 Å². The molecule has 7 fully saturated rings. The molecule has 7 rings (SSSR count). The lowest BCUT2D eigenvalue weighted by molar-refractivity contribution is -0.397. The van der Waals surface area contributed by atoms with Crippen molar-refractivity contribution in [1.29, 1.82) is 0 Å². The second-order valence-electron chi connectivity index (χ2n) is 23.6. The summed E-state index contributed by atoms with van der Waals surface area (Å²) < 4.78 is 37.3. The van der Waals surface area contributed by atoms with Gasteiger partial charge in [0.1, 0.15) is 66.8 Å². The van der Waals surface area contributed by atoms with Gasteiger partial charge in [0.25, 0.3) is 0 Å². The molecule has 3 heterocycles. The highest BCUT2D eigenvalue weighted by molar-refractivity contribution is 5.84. The third-order valence-electron chi connectivity index (χ3n) is 18.9. The van der Waals surface area contributed by atoms with E-state index in [1.54, 1.807) is 20.8 Å². The summed E-state index contributed by atoms with van der Waals surface area (Å²) in [6.45, 7) is 18.2. The molecule has 18 heteroatoms. The fourth-order valence-electron chi connectivity index (χ4n) is 14.5. The Morgan fingerprint density at radius 3 is 1.76 bits per heavy atom. The molecule has 3 saturated heterocycles. The van der Waals surface area contributed by atoms with E-state index in [9.17, 15) is 61.0 Å². The zero-order valence-corrected chi connectivity index (χ0v) is 40.5. The van der Waals surface area contributed by atoms with Crippen LogP contribution in [0.15, 0.2) is 0 Å². The van der Waals surface area contributed by atoms with Gasteiger partial charge in [0, 0.05) is 12.3 Å². The zero-order chi connectivity index (χ0) is 49.0. The van der Waals surface area contributed by atoms with Crippen molar-refractivity contribution in [2.24, 2.45) is 45.3 Å². The maximum absolute atomic E-state index is 14.7. The van der Waals surface area contributed by atoms with Gasteiger partial charge in [-0.2, -0.15) is 0 Å². The van der Waals surface area contributed by atoms with E-state index in [4.69, 9.17) is 28.4 Å². The lowest BCUT2D eigenvalue weighted by Crippen LogP contribution is -2.68. The molecule has 0 amide bonds. The molecule has 4 saturated carbocycles. The van der Waals surface area contributed by atoms with Crippen molar-refractivity contribution in [1.82, 2.24) is 0 Å². The van der Waals surface area contributed by atoms with Gasteiger partial charge in [-0.1, -0.05) is 34.6 Å². The monoisotopic (exact) mass is 947 g/mol. The fourth-order valence-corrected chi connectivity index (χ4v) is 14.5. The first-order valence-corrected chi connectivity index (χ1v) is 24.4. The van der Waals surface area contributed by atoms with Crippen molar-refractivity contribution in [3.63, 3.8) is 0 Å². The number of fused-ring (bicyclic) bond motifs is 5. The summed E-state index contributed by atoms with van der Waals surface area (Å²) in [5, 5.41) is 120. The number of rotatable bonds is 12. The van der Waals surface area contributed by atoms with Gasteiger partial charge in [-0.15, -0.1) is 0 Å². The van der Waals surface area contributed by atoms with Crippen LogP contribution in [-0.2, 0) is 33.2 Å². The maximum atomic E-state index is 14.7. The number of aliphatic hydroxyl groups is 11. The van der Waals surface area contributed by atoms with Crippen LogP contribution < -0.4 is 0 Å². The summed E-state index contributed by atoms with van der Waals surface area (Å²) in [7, 11) is 0. The first-order valence-electron chi connectivity index (χ1n) is 24.4. The van der Waals surface area contributed by atoms with E-state index in [1.807, 2.05) is 0 Å². The molecule has 3 aliphatic heterocycles. The number of Topliss-reactive ketones (excluding diaryl/α,β-unsaturated/α-hetero) is 1. The number of carbonyl (C=O) groups excluding carboxylic acids is 1. The quantitative estimate of drug-likeness (QED) is 0.118. The van der Waals surface area contributed by atoms with Crippen LogP contribution in [0.2, 0.25) is 0 Å². The SMILES string of the molecule is CC1OC(OC2C(OC3CCC4(C)C(CCC5(C)C4CC(=O)C4C(C(C)(O)CCC(O)C(C)(C)O)CCC45C)C3(C)C)OC(CO)C(O)C2OC2OC(C)C(O)C(O)C2O)C(O)C(O)C1O. The third kappa shape index (κ3) is 8.79. The predicted molar refractivity (Wildman–Crippen MR) is 233 cm³/mol. The number of ether oxygens (including phenoxy) is 6. The van der Waals surface area contributed by atoms with Gasteiger partial charge in [-0.3, -0.25) is 4.79 Å². The summed E-state index contributed by atoms with van der Waals surface area (Å²) in [5.41, 5.74) is -4.09. The molecule has 7 aliphatic rings. The summed E-state index contributed by atoms with van der Waals surface area (Å²) in [5.74, 6) is -0.450. The largest absolute Gasteiger partial charge is 0.394 e. The van der Waals surface area contributed by atoms with Crippen molar-refractivity contribution in [3.8, 4) is 0 Å². The van der Waals surface area contributed by atoms with Crippen molar-refractivity contribution < 1.29 is 89.4 Å². The molecule has 0 bridgehead atoms. The highest BCUT2D eigenvalue weighted by atomic mass is 16.8. The minimum absolute atomic E-state index is 0.0130. The van der Waals surface area contributed by atoms with Crippen molar-refractivity contribution >= 4 is 5.78 Å². The second kappa shape index (κ2) is 18.6. The summed E-state index contributed by atoms with van der Waals surface area (Å²) in [6.07, 6.45) is -19.1. The number of aliphatic hydroxyl groups excluding tert-OH is 9. The molecule has 0 radical (unpaired) electrons. The van der Waals surface area contributed by atoms with Gasteiger partial charge in [0.15, 0.2) is 18.9 Å². The molecule has 382 valence electrons. The van der Waals surface area contributed by atoms with Gasteiger partial charge in [0.05, 0.1) is 42.2 Å².